The molecule has 8 nitrogen and oxygen atoms in total. The van der Waals surface area contributed by atoms with Crippen molar-refractivity contribution in [1.82, 2.24) is 15.3 Å². The number of ether oxygens (including phenoxy) is 2. The number of amides is 1. The molecule has 32 heavy (non-hydrogen) atoms. The molecule has 0 saturated heterocycles. The molecule has 0 atom stereocenters. The third-order valence-electron chi connectivity index (χ3n) is 5.58. The Hall–Kier alpha value is -3.42. The lowest BCUT2D eigenvalue weighted by atomic mass is 10.0. The largest absolute Gasteiger partial charge is 0.474 e. The van der Waals surface area contributed by atoms with Crippen molar-refractivity contribution in [2.45, 2.75) is 57.7 Å². The van der Waals surface area contributed by atoms with E-state index in [0.717, 1.165) is 31.2 Å². The highest BCUT2D eigenvalue weighted by atomic mass is 16.5. The van der Waals surface area contributed by atoms with Gasteiger partial charge in [-0.05, 0) is 57.7 Å². The van der Waals surface area contributed by atoms with Crippen LogP contribution in [0.15, 0.2) is 30.5 Å². The van der Waals surface area contributed by atoms with Gasteiger partial charge in [-0.1, -0.05) is 6.07 Å². The number of anilines is 1. The summed E-state index contributed by atoms with van der Waals surface area (Å²) < 4.78 is 12.1. The first-order valence-corrected chi connectivity index (χ1v) is 10.9. The number of allylic oxidation sites excluding steroid dienone is 1. The molecule has 1 aliphatic heterocycles. The van der Waals surface area contributed by atoms with Crippen molar-refractivity contribution in [2.24, 2.45) is 0 Å². The average Bonchev–Trinajstić information content (AvgIpc) is 3.37. The van der Waals surface area contributed by atoms with E-state index >= 15 is 0 Å². The molecule has 0 spiro atoms. The Morgan fingerprint density at radius 2 is 2.06 bits per heavy atom. The Balaban J connectivity index is 1.63. The van der Waals surface area contributed by atoms with Gasteiger partial charge in [0.25, 0.3) is 5.91 Å². The number of rotatable bonds is 7. The maximum absolute atomic E-state index is 13.3. The molecule has 0 radical (unpaired) electrons. The third kappa shape index (κ3) is 4.74. The molecule has 0 aromatic carbocycles. The fourth-order valence-corrected chi connectivity index (χ4v) is 4.10. The fraction of sp³-hybridized carbons (Fsp3) is 0.417. The van der Waals surface area contributed by atoms with Crippen LogP contribution >= 0.6 is 0 Å². The predicted molar refractivity (Wildman–Crippen MR) is 124 cm³/mol. The summed E-state index contributed by atoms with van der Waals surface area (Å²) in [6, 6.07) is 7.12. The molecule has 1 fully saturated rings. The van der Waals surface area contributed by atoms with Crippen molar-refractivity contribution < 1.29 is 14.3 Å². The minimum absolute atomic E-state index is 0.0600. The second kappa shape index (κ2) is 8.98. The molecule has 2 aromatic heterocycles. The highest BCUT2D eigenvalue weighted by Gasteiger charge is 2.34. The molecule has 4 rings (SSSR count). The first-order valence-electron chi connectivity index (χ1n) is 10.9. The highest BCUT2D eigenvalue weighted by Crippen LogP contribution is 2.37. The first kappa shape index (κ1) is 21.8. The second-order valence-corrected chi connectivity index (χ2v) is 8.76. The monoisotopic (exact) mass is 435 g/mol. The topological polar surface area (TPSA) is 109 Å². The summed E-state index contributed by atoms with van der Waals surface area (Å²) >= 11 is 0. The number of nitrogens with zero attached hydrogens (tertiary/aromatic N) is 2. The molecule has 3 N–H and O–H groups in total. The van der Waals surface area contributed by atoms with E-state index in [1.165, 1.54) is 6.21 Å². The SMILES string of the molecule is CN/C=C(\C=N)c1cccc(NC(=O)c2cc3c(nc2OC2CCCC2)OC(C)(C)C3)n1. The van der Waals surface area contributed by atoms with Gasteiger partial charge in [0.1, 0.15) is 23.1 Å². The van der Waals surface area contributed by atoms with Gasteiger partial charge in [-0.25, -0.2) is 4.98 Å². The summed E-state index contributed by atoms with van der Waals surface area (Å²) in [4.78, 5) is 22.3. The van der Waals surface area contributed by atoms with E-state index in [2.05, 4.69) is 20.6 Å². The summed E-state index contributed by atoms with van der Waals surface area (Å²) in [5.41, 5.74) is 2.09. The van der Waals surface area contributed by atoms with Crippen LogP contribution in [0.2, 0.25) is 0 Å². The lowest BCUT2D eigenvalue weighted by molar-refractivity contribution is 0.101. The van der Waals surface area contributed by atoms with Crippen molar-refractivity contribution >= 4 is 23.5 Å². The van der Waals surface area contributed by atoms with Crippen molar-refractivity contribution in [3.63, 3.8) is 0 Å². The van der Waals surface area contributed by atoms with Crippen LogP contribution in [0.4, 0.5) is 5.82 Å². The van der Waals surface area contributed by atoms with Crippen molar-refractivity contribution in [3.8, 4) is 11.8 Å². The van der Waals surface area contributed by atoms with Crippen molar-refractivity contribution in [1.29, 1.82) is 5.41 Å². The summed E-state index contributed by atoms with van der Waals surface area (Å²) in [7, 11) is 1.76. The van der Waals surface area contributed by atoms with Gasteiger partial charge in [-0.2, -0.15) is 4.98 Å². The van der Waals surface area contributed by atoms with Gasteiger partial charge in [-0.3, -0.25) is 4.79 Å². The van der Waals surface area contributed by atoms with Crippen molar-refractivity contribution in [3.05, 3.63) is 47.3 Å². The molecular weight excluding hydrogens is 406 g/mol. The zero-order chi connectivity index (χ0) is 22.7. The number of hydrogen-bond donors (Lipinski definition) is 3. The molecule has 0 bridgehead atoms. The number of fused-ring (bicyclic) bond motifs is 1. The minimum atomic E-state index is -0.367. The molecule has 168 valence electrons. The van der Waals surface area contributed by atoms with Gasteiger partial charge in [-0.15, -0.1) is 0 Å². The zero-order valence-electron chi connectivity index (χ0n) is 18.7. The third-order valence-corrected chi connectivity index (χ3v) is 5.58. The Morgan fingerprint density at radius 3 is 2.78 bits per heavy atom. The molecule has 1 amide bonds. The molecule has 1 aliphatic carbocycles. The van der Waals surface area contributed by atoms with Gasteiger partial charge >= 0.3 is 0 Å². The molecule has 2 aliphatic rings. The van der Waals surface area contributed by atoms with Crippen LogP contribution in [0.1, 0.15) is 61.1 Å². The van der Waals surface area contributed by atoms with E-state index < -0.39 is 0 Å². The van der Waals surface area contributed by atoms with Crippen LogP contribution in [0, 0.1) is 5.41 Å². The van der Waals surface area contributed by atoms with Gasteiger partial charge in [0, 0.05) is 37.0 Å². The molecule has 8 heteroatoms. The summed E-state index contributed by atoms with van der Waals surface area (Å²) in [6.45, 7) is 4.00. The van der Waals surface area contributed by atoms with Crippen molar-refractivity contribution in [2.75, 3.05) is 12.4 Å². The van der Waals surface area contributed by atoms with Gasteiger partial charge in [0.05, 0.1) is 5.69 Å². The number of nitrogens with one attached hydrogen (secondary N) is 3. The molecule has 2 aromatic rings. The summed E-state index contributed by atoms with van der Waals surface area (Å²) in [6.07, 6.45) is 7.78. The van der Waals surface area contributed by atoms with Crippen LogP contribution in [0.5, 0.6) is 11.8 Å². The number of carbonyl (C=O) groups excluding carboxylic acids is 1. The van der Waals surface area contributed by atoms with Crippen LogP contribution in [0.25, 0.3) is 5.57 Å². The zero-order valence-corrected chi connectivity index (χ0v) is 18.7. The lowest BCUT2D eigenvalue weighted by Gasteiger charge is -2.17. The molecule has 3 heterocycles. The number of pyridine rings is 2. The van der Waals surface area contributed by atoms with E-state index in [-0.39, 0.29) is 17.6 Å². The van der Waals surface area contributed by atoms with Crippen LogP contribution < -0.4 is 20.1 Å². The maximum atomic E-state index is 13.3. The van der Waals surface area contributed by atoms with E-state index in [4.69, 9.17) is 14.9 Å². The van der Waals surface area contributed by atoms with Gasteiger partial charge < -0.3 is 25.5 Å². The maximum Gasteiger partial charge on any atom is 0.262 e. The average molecular weight is 436 g/mol. The van der Waals surface area contributed by atoms with E-state index in [1.807, 2.05) is 19.9 Å². The first-order chi connectivity index (χ1) is 15.4. The quantitative estimate of drug-likeness (QED) is 0.568. The highest BCUT2D eigenvalue weighted by molar-refractivity contribution is 6.08. The van der Waals surface area contributed by atoms with Gasteiger partial charge in [0.15, 0.2) is 0 Å². The Morgan fingerprint density at radius 1 is 1.28 bits per heavy atom. The molecule has 1 saturated carbocycles. The lowest BCUT2D eigenvalue weighted by Crippen LogP contribution is -2.24. The molecule has 0 unspecified atom stereocenters. The minimum Gasteiger partial charge on any atom is -0.474 e. The van der Waals surface area contributed by atoms with E-state index in [1.54, 1.807) is 31.4 Å². The van der Waals surface area contributed by atoms with Crippen LogP contribution in [0.3, 0.4) is 0 Å². The Bertz CT molecular complexity index is 1060. The standard InChI is InChI=1S/C24H29N5O3/c1-24(2)12-15-11-18(23(29-22(15)32-24)31-17-7-4-5-8-17)21(30)28-20-10-6-9-19(27-20)16(13-25)14-26-3/h6,9-11,13-14,17,25-26H,4-5,7-8,12H2,1-3H3,(H,27,28,30)/b16-14+,25-13?. The summed E-state index contributed by atoms with van der Waals surface area (Å²) in [5.74, 6) is 0.890. The Labute approximate surface area is 188 Å². The van der Waals surface area contributed by atoms with Crippen LogP contribution in [-0.4, -0.2) is 40.8 Å². The predicted octanol–water partition coefficient (Wildman–Crippen LogP) is 3.97. The summed E-state index contributed by atoms with van der Waals surface area (Å²) in [5, 5.41) is 13.3. The number of hydrogen-bond acceptors (Lipinski definition) is 7. The fourth-order valence-electron chi connectivity index (χ4n) is 4.10. The van der Waals surface area contributed by atoms with Crippen LogP contribution in [-0.2, 0) is 6.42 Å². The normalized spacial score (nSPS) is 17.4. The smallest absolute Gasteiger partial charge is 0.262 e. The number of carbonyl (C=O) groups is 1. The number of aromatic nitrogens is 2. The van der Waals surface area contributed by atoms with Gasteiger partial charge in [0.2, 0.25) is 11.8 Å². The van der Waals surface area contributed by atoms with E-state index in [0.29, 0.717) is 40.8 Å². The van der Waals surface area contributed by atoms with E-state index in [9.17, 15) is 4.79 Å². The Kier molecular flexibility index (Phi) is 6.12. The second-order valence-electron chi connectivity index (χ2n) is 8.76. The molecular formula is C24H29N5O3.